The van der Waals surface area contributed by atoms with Crippen LogP contribution < -0.4 is 0 Å². The number of hydrogen-bond acceptors (Lipinski definition) is 3. The molecular formula is C16H22N2O2. The molecule has 1 spiro atoms. The fourth-order valence-corrected chi connectivity index (χ4v) is 4.30. The molecule has 2 saturated carbocycles. The Hall–Kier alpha value is -1.37. The van der Waals surface area contributed by atoms with Gasteiger partial charge in [0.2, 0.25) is 11.8 Å². The molecule has 3 fully saturated rings. The minimum absolute atomic E-state index is 0.0453. The van der Waals surface area contributed by atoms with Crippen molar-refractivity contribution in [2.45, 2.75) is 70.3 Å². The number of nitriles is 1. The molecule has 3 aliphatic rings. The third-order valence-electron chi connectivity index (χ3n) is 5.69. The Morgan fingerprint density at radius 3 is 2.30 bits per heavy atom. The lowest BCUT2D eigenvalue weighted by molar-refractivity contribution is -0.147. The van der Waals surface area contributed by atoms with Crippen molar-refractivity contribution in [3.8, 4) is 6.07 Å². The van der Waals surface area contributed by atoms with E-state index in [1.807, 2.05) is 0 Å². The number of nitrogens with zero attached hydrogens (tertiary/aromatic N) is 2. The molecule has 4 nitrogen and oxygen atoms in total. The van der Waals surface area contributed by atoms with Gasteiger partial charge in [-0.3, -0.25) is 14.5 Å². The Morgan fingerprint density at radius 2 is 1.75 bits per heavy atom. The highest BCUT2D eigenvalue weighted by Crippen LogP contribution is 2.50. The fraction of sp³-hybridized carbons (Fsp3) is 0.812. The van der Waals surface area contributed by atoms with Crippen molar-refractivity contribution in [2.24, 2.45) is 11.3 Å². The van der Waals surface area contributed by atoms with E-state index in [-0.39, 0.29) is 11.8 Å². The van der Waals surface area contributed by atoms with Crippen LogP contribution in [0.15, 0.2) is 0 Å². The van der Waals surface area contributed by atoms with Crippen molar-refractivity contribution in [3.05, 3.63) is 0 Å². The highest BCUT2D eigenvalue weighted by molar-refractivity contribution is 6.07. The lowest BCUT2D eigenvalue weighted by atomic mass is 9.76. The van der Waals surface area contributed by atoms with Gasteiger partial charge in [0.1, 0.15) is 5.54 Å². The predicted molar refractivity (Wildman–Crippen MR) is 73.3 cm³/mol. The van der Waals surface area contributed by atoms with Crippen molar-refractivity contribution in [1.29, 1.82) is 5.26 Å². The van der Waals surface area contributed by atoms with Gasteiger partial charge in [0, 0.05) is 6.42 Å². The number of amides is 2. The van der Waals surface area contributed by atoms with Crippen LogP contribution in [0.2, 0.25) is 0 Å². The SMILES string of the molecule is CC1CCC(C#N)(N2C(=O)CC3(CCCC3)C2=O)CC1. The second kappa shape index (κ2) is 4.58. The molecule has 1 saturated heterocycles. The summed E-state index contributed by atoms with van der Waals surface area (Å²) in [5.41, 5.74) is -1.31. The van der Waals surface area contributed by atoms with Gasteiger partial charge >= 0.3 is 0 Å². The van der Waals surface area contributed by atoms with Gasteiger partial charge in [0.15, 0.2) is 0 Å². The van der Waals surface area contributed by atoms with Crippen LogP contribution in [0.25, 0.3) is 0 Å². The highest BCUT2D eigenvalue weighted by atomic mass is 16.2. The minimum Gasteiger partial charge on any atom is -0.274 e. The summed E-state index contributed by atoms with van der Waals surface area (Å²) in [4.78, 5) is 26.7. The molecule has 2 aliphatic carbocycles. The van der Waals surface area contributed by atoms with Gasteiger partial charge in [0.25, 0.3) is 0 Å². The van der Waals surface area contributed by atoms with Gasteiger partial charge in [-0.25, -0.2) is 0 Å². The summed E-state index contributed by atoms with van der Waals surface area (Å²) in [5.74, 6) is 0.439. The molecular weight excluding hydrogens is 252 g/mol. The van der Waals surface area contributed by atoms with E-state index in [1.165, 1.54) is 4.90 Å². The number of carbonyl (C=O) groups excluding carboxylic acids is 2. The molecule has 1 aliphatic heterocycles. The molecule has 2 amide bonds. The Balaban J connectivity index is 1.91. The van der Waals surface area contributed by atoms with Gasteiger partial charge in [-0.1, -0.05) is 19.8 Å². The van der Waals surface area contributed by atoms with E-state index in [2.05, 4.69) is 13.0 Å². The van der Waals surface area contributed by atoms with Crippen molar-refractivity contribution in [1.82, 2.24) is 4.90 Å². The molecule has 108 valence electrons. The molecule has 20 heavy (non-hydrogen) atoms. The summed E-state index contributed by atoms with van der Waals surface area (Å²) in [7, 11) is 0. The van der Waals surface area contributed by atoms with Crippen LogP contribution >= 0.6 is 0 Å². The quantitative estimate of drug-likeness (QED) is 0.691. The zero-order valence-corrected chi connectivity index (χ0v) is 12.2. The highest BCUT2D eigenvalue weighted by Gasteiger charge is 2.58. The van der Waals surface area contributed by atoms with Crippen molar-refractivity contribution in [2.75, 3.05) is 0 Å². The zero-order valence-electron chi connectivity index (χ0n) is 12.2. The fourth-order valence-electron chi connectivity index (χ4n) is 4.30. The Bertz CT molecular complexity index is 477. The van der Waals surface area contributed by atoms with Crippen molar-refractivity contribution < 1.29 is 9.59 Å². The summed E-state index contributed by atoms with van der Waals surface area (Å²) < 4.78 is 0. The zero-order chi connectivity index (χ0) is 14.4. The third-order valence-corrected chi connectivity index (χ3v) is 5.69. The molecule has 3 rings (SSSR count). The molecule has 0 atom stereocenters. The first-order chi connectivity index (χ1) is 9.53. The lowest BCUT2D eigenvalue weighted by Crippen LogP contribution is -2.53. The van der Waals surface area contributed by atoms with Crippen LogP contribution in [0, 0.1) is 22.7 Å². The Labute approximate surface area is 120 Å². The van der Waals surface area contributed by atoms with E-state index < -0.39 is 11.0 Å². The van der Waals surface area contributed by atoms with E-state index >= 15 is 0 Å². The summed E-state index contributed by atoms with van der Waals surface area (Å²) in [6.07, 6.45) is 7.21. The van der Waals surface area contributed by atoms with Crippen LogP contribution in [0.4, 0.5) is 0 Å². The maximum atomic E-state index is 12.8. The number of hydrogen-bond donors (Lipinski definition) is 0. The molecule has 4 heteroatoms. The number of rotatable bonds is 1. The second-order valence-corrected chi connectivity index (χ2v) is 7.02. The van der Waals surface area contributed by atoms with Gasteiger partial charge in [-0.15, -0.1) is 0 Å². The van der Waals surface area contributed by atoms with Gasteiger partial charge in [-0.2, -0.15) is 5.26 Å². The standard InChI is InChI=1S/C16H22N2O2/c1-12-4-8-16(11-17,9-5-12)18-13(19)10-15(14(18)20)6-2-3-7-15/h12H,2-10H2,1H3. The van der Waals surface area contributed by atoms with E-state index in [0.717, 1.165) is 38.5 Å². The summed E-state index contributed by atoms with van der Waals surface area (Å²) in [5, 5.41) is 9.66. The van der Waals surface area contributed by atoms with E-state index in [4.69, 9.17) is 0 Å². The number of likely N-dealkylation sites (tertiary alicyclic amines) is 1. The van der Waals surface area contributed by atoms with E-state index in [1.54, 1.807) is 0 Å². The molecule has 0 unspecified atom stereocenters. The average molecular weight is 274 g/mol. The number of imide groups is 1. The Morgan fingerprint density at radius 1 is 1.15 bits per heavy atom. The number of carbonyl (C=O) groups is 2. The first-order valence-electron chi connectivity index (χ1n) is 7.82. The summed E-state index contributed by atoms with van der Waals surface area (Å²) in [6.45, 7) is 2.17. The van der Waals surface area contributed by atoms with Crippen LogP contribution in [0.1, 0.15) is 64.7 Å². The first-order valence-corrected chi connectivity index (χ1v) is 7.82. The predicted octanol–water partition coefficient (Wildman–Crippen LogP) is 2.78. The normalized spacial score (nSPS) is 36.6. The average Bonchev–Trinajstić information content (AvgIpc) is 2.99. The summed E-state index contributed by atoms with van der Waals surface area (Å²) in [6, 6.07) is 2.33. The van der Waals surface area contributed by atoms with E-state index in [9.17, 15) is 14.9 Å². The molecule has 1 heterocycles. The molecule has 0 N–H and O–H groups in total. The van der Waals surface area contributed by atoms with E-state index in [0.29, 0.717) is 25.2 Å². The first kappa shape index (κ1) is 13.6. The maximum Gasteiger partial charge on any atom is 0.237 e. The second-order valence-electron chi connectivity index (χ2n) is 7.02. The van der Waals surface area contributed by atoms with Crippen LogP contribution in [0.3, 0.4) is 0 Å². The van der Waals surface area contributed by atoms with Crippen molar-refractivity contribution in [3.63, 3.8) is 0 Å². The minimum atomic E-state index is -0.854. The van der Waals surface area contributed by atoms with Crippen LogP contribution in [-0.2, 0) is 9.59 Å². The molecule has 0 aromatic rings. The van der Waals surface area contributed by atoms with Crippen LogP contribution in [-0.4, -0.2) is 22.3 Å². The molecule has 0 radical (unpaired) electrons. The summed E-state index contributed by atoms with van der Waals surface area (Å²) >= 11 is 0. The third kappa shape index (κ3) is 1.79. The topological polar surface area (TPSA) is 61.2 Å². The Kier molecular flexibility index (Phi) is 3.12. The maximum absolute atomic E-state index is 12.8. The lowest BCUT2D eigenvalue weighted by Gasteiger charge is -2.40. The van der Waals surface area contributed by atoms with Gasteiger partial charge in [0.05, 0.1) is 11.5 Å². The molecule has 0 aromatic carbocycles. The van der Waals surface area contributed by atoms with Crippen LogP contribution in [0.5, 0.6) is 0 Å². The smallest absolute Gasteiger partial charge is 0.237 e. The van der Waals surface area contributed by atoms with Gasteiger partial charge < -0.3 is 0 Å². The largest absolute Gasteiger partial charge is 0.274 e. The van der Waals surface area contributed by atoms with Crippen molar-refractivity contribution >= 4 is 11.8 Å². The molecule has 0 bridgehead atoms. The monoisotopic (exact) mass is 274 g/mol. The van der Waals surface area contributed by atoms with Gasteiger partial charge in [-0.05, 0) is 44.4 Å². The molecule has 0 aromatic heterocycles.